The fraction of sp³-hybridized carbons (Fsp3) is 0.370. The summed E-state index contributed by atoms with van der Waals surface area (Å²) in [5.41, 5.74) is 1.27. The van der Waals surface area contributed by atoms with Crippen LogP contribution in [0.4, 0.5) is 10.5 Å². The van der Waals surface area contributed by atoms with Crippen molar-refractivity contribution in [1.82, 2.24) is 20.5 Å². The maximum absolute atomic E-state index is 12.7. The number of urea groups is 1. The molecule has 0 unspecified atom stereocenters. The highest BCUT2D eigenvalue weighted by Gasteiger charge is 2.18. The van der Waals surface area contributed by atoms with Crippen LogP contribution < -0.4 is 25.4 Å². The summed E-state index contributed by atoms with van der Waals surface area (Å²) in [5, 5.41) is 19.3. The number of nitrogens with zero attached hydrogens (tertiary/aromatic N) is 2. The van der Waals surface area contributed by atoms with Gasteiger partial charge in [0.15, 0.2) is 0 Å². The first-order valence-corrected chi connectivity index (χ1v) is 12.9. The normalized spacial score (nSPS) is 11.8. The van der Waals surface area contributed by atoms with E-state index in [1.165, 1.54) is 7.05 Å². The molecule has 1 aromatic heterocycles. The highest BCUT2D eigenvalue weighted by Crippen LogP contribution is 2.35. The molecule has 204 valence electrons. The van der Waals surface area contributed by atoms with Crippen LogP contribution in [0.5, 0.6) is 17.2 Å². The fourth-order valence-electron chi connectivity index (χ4n) is 3.80. The number of carbonyl (C=O) groups excluding carboxylic acids is 2. The fourth-order valence-corrected chi connectivity index (χ4v) is 4.02. The molecular weight excluding hydrogens is 510 g/mol. The number of benzene rings is 2. The van der Waals surface area contributed by atoms with Crippen LogP contribution in [-0.2, 0) is 0 Å². The number of carbonyl (C=O) groups is 2. The van der Waals surface area contributed by atoms with Crippen molar-refractivity contribution in [3.8, 4) is 17.2 Å². The number of aromatic nitrogens is 1. The van der Waals surface area contributed by atoms with Gasteiger partial charge in [-0.05, 0) is 44.3 Å². The average molecular weight is 544 g/mol. The van der Waals surface area contributed by atoms with Crippen LogP contribution in [0.2, 0.25) is 5.02 Å². The molecule has 0 radical (unpaired) electrons. The Balaban J connectivity index is 1.87. The predicted molar refractivity (Wildman–Crippen MR) is 149 cm³/mol. The SMILES string of the molecule is CCNC(=O)Nc1ccc(Oc2ccnc3cc(OC[C@@H](O)CN(CC)CC)c(C(=O)NC)cc23)cc1Cl. The minimum atomic E-state index is -0.721. The van der Waals surface area contributed by atoms with E-state index in [0.717, 1.165) is 13.1 Å². The van der Waals surface area contributed by atoms with E-state index in [0.29, 0.717) is 52.0 Å². The molecule has 10 nitrogen and oxygen atoms in total. The van der Waals surface area contributed by atoms with Gasteiger partial charge in [-0.3, -0.25) is 9.78 Å². The lowest BCUT2D eigenvalue weighted by Crippen LogP contribution is -2.35. The average Bonchev–Trinajstić information content (AvgIpc) is 2.91. The van der Waals surface area contributed by atoms with Crippen molar-refractivity contribution in [1.29, 1.82) is 0 Å². The van der Waals surface area contributed by atoms with Crippen molar-refractivity contribution < 1.29 is 24.2 Å². The van der Waals surface area contributed by atoms with Gasteiger partial charge < -0.3 is 35.4 Å². The van der Waals surface area contributed by atoms with E-state index >= 15 is 0 Å². The molecule has 1 atom stereocenters. The number of pyridine rings is 1. The van der Waals surface area contributed by atoms with E-state index in [-0.39, 0.29) is 24.1 Å². The summed E-state index contributed by atoms with van der Waals surface area (Å²) in [7, 11) is 1.53. The predicted octanol–water partition coefficient (Wildman–Crippen LogP) is 4.26. The van der Waals surface area contributed by atoms with Crippen LogP contribution in [0.3, 0.4) is 0 Å². The van der Waals surface area contributed by atoms with Gasteiger partial charge in [-0.25, -0.2) is 4.79 Å². The molecule has 3 rings (SSSR count). The first-order valence-electron chi connectivity index (χ1n) is 12.5. The third-order valence-electron chi connectivity index (χ3n) is 5.82. The number of fused-ring (bicyclic) bond motifs is 1. The minimum Gasteiger partial charge on any atom is -0.490 e. The number of aliphatic hydroxyl groups is 1. The van der Waals surface area contributed by atoms with E-state index in [1.54, 1.807) is 42.6 Å². The summed E-state index contributed by atoms with van der Waals surface area (Å²) in [6, 6.07) is 9.53. The Hall–Kier alpha value is -3.60. The van der Waals surface area contributed by atoms with Gasteiger partial charge in [-0.15, -0.1) is 0 Å². The Labute approximate surface area is 227 Å². The third-order valence-corrected chi connectivity index (χ3v) is 6.14. The molecule has 3 aromatic rings. The van der Waals surface area contributed by atoms with Crippen molar-refractivity contribution in [2.45, 2.75) is 26.9 Å². The summed E-state index contributed by atoms with van der Waals surface area (Å²) in [4.78, 5) is 31.0. The van der Waals surface area contributed by atoms with Crippen LogP contribution in [0, 0.1) is 0 Å². The molecule has 0 aliphatic rings. The zero-order valence-electron chi connectivity index (χ0n) is 22.0. The Kier molecular flexibility index (Phi) is 10.5. The number of likely N-dealkylation sites (N-methyl/N-ethyl adjacent to an activating group) is 1. The van der Waals surface area contributed by atoms with Gasteiger partial charge in [-0.2, -0.15) is 0 Å². The molecule has 0 saturated carbocycles. The summed E-state index contributed by atoms with van der Waals surface area (Å²) in [6.45, 7) is 8.49. The van der Waals surface area contributed by atoms with E-state index < -0.39 is 6.10 Å². The number of nitrogens with one attached hydrogen (secondary N) is 3. The number of halogens is 1. The van der Waals surface area contributed by atoms with Gasteiger partial charge in [0, 0.05) is 43.9 Å². The van der Waals surface area contributed by atoms with Crippen LogP contribution in [-0.4, -0.2) is 72.9 Å². The molecule has 0 spiro atoms. The Morgan fingerprint density at radius 3 is 2.53 bits per heavy atom. The molecule has 0 saturated heterocycles. The Morgan fingerprint density at radius 2 is 1.87 bits per heavy atom. The van der Waals surface area contributed by atoms with Crippen molar-refractivity contribution in [3.63, 3.8) is 0 Å². The molecular formula is C27H34ClN5O5. The molecule has 0 aliphatic heterocycles. The molecule has 38 heavy (non-hydrogen) atoms. The summed E-state index contributed by atoms with van der Waals surface area (Å²) in [5.74, 6) is 0.849. The van der Waals surface area contributed by atoms with Gasteiger partial charge in [0.05, 0.1) is 21.8 Å². The Bertz CT molecular complexity index is 1270. The second-order valence-electron chi connectivity index (χ2n) is 8.43. The zero-order valence-corrected chi connectivity index (χ0v) is 22.8. The van der Waals surface area contributed by atoms with Crippen LogP contribution in [0.15, 0.2) is 42.6 Å². The number of anilines is 1. The zero-order chi connectivity index (χ0) is 27.7. The maximum atomic E-state index is 12.7. The second kappa shape index (κ2) is 13.8. The highest BCUT2D eigenvalue weighted by molar-refractivity contribution is 6.33. The molecule has 0 fully saturated rings. The van der Waals surface area contributed by atoms with Crippen molar-refractivity contribution >= 4 is 40.1 Å². The number of ether oxygens (including phenoxy) is 2. The first-order chi connectivity index (χ1) is 18.3. The highest BCUT2D eigenvalue weighted by atomic mass is 35.5. The summed E-state index contributed by atoms with van der Waals surface area (Å²) in [6.07, 6.45) is 0.865. The second-order valence-corrected chi connectivity index (χ2v) is 8.84. The third kappa shape index (κ3) is 7.47. The molecule has 4 N–H and O–H groups in total. The van der Waals surface area contributed by atoms with Crippen LogP contribution in [0.1, 0.15) is 31.1 Å². The van der Waals surface area contributed by atoms with Crippen molar-refractivity contribution in [2.24, 2.45) is 0 Å². The molecule has 11 heteroatoms. The standard InChI is InChI=1S/C27H34ClN5O5/c1-5-30-27(36)32-22-9-8-18(12-21(22)28)38-24-10-11-31-23-14-25(20(13-19(23)24)26(35)29-4)37-16-17(34)15-33(6-2)7-3/h8-14,17,34H,5-7,15-16H2,1-4H3,(H,29,35)(H2,30,32,36)/t17-/m0/s1. The van der Waals surface area contributed by atoms with Crippen molar-refractivity contribution in [3.05, 3.63) is 53.2 Å². The first kappa shape index (κ1) is 29.0. The topological polar surface area (TPSA) is 125 Å². The quantitative estimate of drug-likeness (QED) is 0.269. The summed E-state index contributed by atoms with van der Waals surface area (Å²) < 4.78 is 12.0. The molecule has 2 aromatic carbocycles. The van der Waals surface area contributed by atoms with E-state index in [4.69, 9.17) is 21.1 Å². The van der Waals surface area contributed by atoms with E-state index in [9.17, 15) is 14.7 Å². The number of rotatable bonds is 12. The molecule has 3 amide bonds. The number of aliphatic hydroxyl groups excluding tert-OH is 1. The van der Waals surface area contributed by atoms with Crippen molar-refractivity contribution in [2.75, 3.05) is 45.2 Å². The number of hydrogen-bond donors (Lipinski definition) is 4. The lowest BCUT2D eigenvalue weighted by Gasteiger charge is -2.22. The van der Waals surface area contributed by atoms with Gasteiger partial charge in [-0.1, -0.05) is 25.4 Å². The minimum absolute atomic E-state index is 0.0252. The molecule has 0 aliphatic carbocycles. The number of hydrogen-bond acceptors (Lipinski definition) is 7. The smallest absolute Gasteiger partial charge is 0.319 e. The molecule has 1 heterocycles. The Morgan fingerprint density at radius 1 is 1.11 bits per heavy atom. The lowest BCUT2D eigenvalue weighted by atomic mass is 10.1. The molecule has 0 bridgehead atoms. The van der Waals surface area contributed by atoms with E-state index in [2.05, 4.69) is 25.8 Å². The van der Waals surface area contributed by atoms with Crippen LogP contribution >= 0.6 is 11.6 Å². The largest absolute Gasteiger partial charge is 0.490 e. The van der Waals surface area contributed by atoms with Gasteiger partial charge in [0.2, 0.25) is 0 Å². The van der Waals surface area contributed by atoms with Gasteiger partial charge in [0.1, 0.15) is 30.0 Å². The number of amides is 3. The van der Waals surface area contributed by atoms with Gasteiger partial charge in [0.25, 0.3) is 5.91 Å². The maximum Gasteiger partial charge on any atom is 0.319 e. The summed E-state index contributed by atoms with van der Waals surface area (Å²) >= 11 is 6.35. The van der Waals surface area contributed by atoms with E-state index in [1.807, 2.05) is 20.8 Å². The van der Waals surface area contributed by atoms with Crippen LogP contribution in [0.25, 0.3) is 10.9 Å². The van der Waals surface area contributed by atoms with Gasteiger partial charge >= 0.3 is 6.03 Å². The monoisotopic (exact) mass is 543 g/mol. The lowest BCUT2D eigenvalue weighted by molar-refractivity contribution is 0.0706.